The maximum Gasteiger partial charge on any atom is 0.264 e. The lowest BCUT2D eigenvalue weighted by Crippen LogP contribution is -2.25. The number of nitrogens with zero attached hydrogens (tertiary/aromatic N) is 2. The predicted molar refractivity (Wildman–Crippen MR) is 80.1 cm³/mol. The summed E-state index contributed by atoms with van der Waals surface area (Å²) >= 11 is 2.64. The van der Waals surface area contributed by atoms with Crippen molar-refractivity contribution in [3.63, 3.8) is 0 Å². The molecule has 0 saturated carbocycles. The third-order valence-corrected chi connectivity index (χ3v) is 4.56. The Morgan fingerprint density at radius 2 is 2.40 bits per heavy atom. The third kappa shape index (κ3) is 3.84. The van der Waals surface area contributed by atoms with Gasteiger partial charge < -0.3 is 10.4 Å². The first-order valence-corrected chi connectivity index (χ1v) is 8.18. The number of nitrogens with one attached hydrogen (secondary N) is 1. The van der Waals surface area contributed by atoms with Crippen molar-refractivity contribution in [1.29, 1.82) is 0 Å². The summed E-state index contributed by atoms with van der Waals surface area (Å²) in [5.41, 5.74) is 0.758. The normalized spacial score (nSPS) is 12.3. The molecule has 0 aliphatic carbocycles. The number of amides is 1. The number of aryl methyl sites for hydroxylation is 1. The number of hydrogen-bond acceptors (Lipinski definition) is 6. The summed E-state index contributed by atoms with van der Waals surface area (Å²) in [5.74, 6) is -0.151. The van der Waals surface area contributed by atoms with Crippen molar-refractivity contribution in [2.24, 2.45) is 0 Å². The lowest BCUT2D eigenvalue weighted by molar-refractivity contribution is 0.0946. The molecule has 0 aliphatic rings. The molecule has 0 saturated heterocycles. The van der Waals surface area contributed by atoms with Crippen LogP contribution in [0.4, 0.5) is 0 Å². The average molecular weight is 311 g/mol. The van der Waals surface area contributed by atoms with Crippen LogP contribution in [0, 0.1) is 0 Å². The van der Waals surface area contributed by atoms with Crippen molar-refractivity contribution in [3.05, 3.63) is 33.0 Å². The van der Waals surface area contributed by atoms with E-state index in [-0.39, 0.29) is 5.91 Å². The molecule has 0 fully saturated rings. The largest absolute Gasteiger partial charge is 0.388 e. The molecule has 2 aromatic heterocycles. The number of rotatable bonds is 7. The van der Waals surface area contributed by atoms with Gasteiger partial charge in [0.15, 0.2) is 0 Å². The van der Waals surface area contributed by atoms with Crippen molar-refractivity contribution in [2.75, 3.05) is 6.54 Å². The first kappa shape index (κ1) is 15.1. The summed E-state index contributed by atoms with van der Waals surface area (Å²) in [7, 11) is 0. The van der Waals surface area contributed by atoms with Gasteiger partial charge in [-0.2, -0.15) is 0 Å². The summed E-state index contributed by atoms with van der Waals surface area (Å²) in [6.45, 7) is 2.47. The molecule has 5 nitrogen and oxygen atoms in total. The van der Waals surface area contributed by atoms with Gasteiger partial charge in [-0.05, 0) is 35.8 Å². The summed E-state index contributed by atoms with van der Waals surface area (Å²) in [5, 5.41) is 18.6. The lowest BCUT2D eigenvalue weighted by atomic mass is 10.2. The molecule has 0 radical (unpaired) electrons. The number of hydrogen-bond donors (Lipinski definition) is 2. The first-order valence-electron chi connectivity index (χ1n) is 6.53. The van der Waals surface area contributed by atoms with Gasteiger partial charge in [0.25, 0.3) is 5.91 Å². The van der Waals surface area contributed by atoms with E-state index in [1.165, 1.54) is 11.3 Å². The Kier molecular flexibility index (Phi) is 5.63. The van der Waals surface area contributed by atoms with Gasteiger partial charge in [0.2, 0.25) is 0 Å². The van der Waals surface area contributed by atoms with E-state index >= 15 is 0 Å². The number of carbonyl (C=O) groups excluding carboxylic acids is 1. The maximum absolute atomic E-state index is 12.0. The predicted octanol–water partition coefficient (Wildman–Crippen LogP) is 2.41. The Bertz CT molecular complexity index is 540. The molecule has 0 aliphatic heterocycles. The van der Waals surface area contributed by atoms with E-state index in [4.69, 9.17) is 0 Å². The van der Waals surface area contributed by atoms with Gasteiger partial charge in [-0.3, -0.25) is 4.79 Å². The highest BCUT2D eigenvalue weighted by atomic mass is 32.1. The van der Waals surface area contributed by atoms with Crippen molar-refractivity contribution >= 4 is 28.8 Å². The molecule has 1 atom stereocenters. The molecule has 2 rings (SSSR count). The van der Waals surface area contributed by atoms with Gasteiger partial charge in [0, 0.05) is 11.4 Å². The maximum atomic E-state index is 12.0. The van der Waals surface area contributed by atoms with Crippen LogP contribution in [-0.2, 0) is 6.42 Å². The standard InChI is InChI=1S/C13H17N3O2S2/c1-2-4-9-12(20-16-15-9)13(18)14-7-6-10(17)11-5-3-8-19-11/h3,5,8,10,17H,2,4,6-7H2,1H3,(H,14,18). The SMILES string of the molecule is CCCc1nnsc1C(=O)NCCC(O)c1cccs1. The molecule has 7 heteroatoms. The van der Waals surface area contributed by atoms with Gasteiger partial charge in [-0.25, -0.2) is 0 Å². The molecule has 1 unspecified atom stereocenters. The molecular formula is C13H17N3O2S2. The van der Waals surface area contributed by atoms with E-state index in [0.29, 0.717) is 17.8 Å². The molecule has 108 valence electrons. The molecular weight excluding hydrogens is 294 g/mol. The Labute approximate surface area is 125 Å². The fraction of sp³-hybridized carbons (Fsp3) is 0.462. The summed E-state index contributed by atoms with van der Waals surface area (Å²) < 4.78 is 3.83. The van der Waals surface area contributed by atoms with E-state index in [1.807, 2.05) is 24.4 Å². The monoisotopic (exact) mass is 311 g/mol. The zero-order chi connectivity index (χ0) is 14.4. The van der Waals surface area contributed by atoms with Crippen LogP contribution in [0.2, 0.25) is 0 Å². The molecule has 0 spiro atoms. The number of aromatic nitrogens is 2. The fourth-order valence-electron chi connectivity index (χ4n) is 1.81. The number of thiophene rings is 1. The Hall–Kier alpha value is -1.31. The van der Waals surface area contributed by atoms with E-state index in [9.17, 15) is 9.90 Å². The minimum absolute atomic E-state index is 0.151. The van der Waals surface area contributed by atoms with Gasteiger partial charge in [0.1, 0.15) is 4.88 Å². The highest BCUT2D eigenvalue weighted by Crippen LogP contribution is 2.21. The van der Waals surface area contributed by atoms with E-state index < -0.39 is 6.10 Å². The quantitative estimate of drug-likeness (QED) is 0.823. The fourth-order valence-corrected chi connectivity index (χ4v) is 3.18. The molecule has 0 bridgehead atoms. The first-order chi connectivity index (χ1) is 9.72. The zero-order valence-corrected chi connectivity index (χ0v) is 12.8. The van der Waals surface area contributed by atoms with Gasteiger partial charge in [-0.15, -0.1) is 16.4 Å². The number of carbonyl (C=O) groups is 1. The second-order valence-electron chi connectivity index (χ2n) is 4.37. The van der Waals surface area contributed by atoms with Crippen LogP contribution in [0.1, 0.15) is 46.1 Å². The Morgan fingerprint density at radius 1 is 1.55 bits per heavy atom. The smallest absolute Gasteiger partial charge is 0.264 e. The van der Waals surface area contributed by atoms with Gasteiger partial charge in [0.05, 0.1) is 11.8 Å². The van der Waals surface area contributed by atoms with Crippen LogP contribution < -0.4 is 5.32 Å². The van der Waals surface area contributed by atoms with Crippen LogP contribution in [0.5, 0.6) is 0 Å². The van der Waals surface area contributed by atoms with E-state index in [0.717, 1.165) is 34.9 Å². The number of aliphatic hydroxyl groups is 1. The van der Waals surface area contributed by atoms with Gasteiger partial charge >= 0.3 is 0 Å². The van der Waals surface area contributed by atoms with Crippen LogP contribution in [0.15, 0.2) is 17.5 Å². The van der Waals surface area contributed by atoms with Crippen molar-refractivity contribution in [2.45, 2.75) is 32.3 Å². The molecule has 0 aromatic carbocycles. The van der Waals surface area contributed by atoms with Crippen molar-refractivity contribution < 1.29 is 9.90 Å². The van der Waals surface area contributed by atoms with Crippen LogP contribution in [-0.4, -0.2) is 27.1 Å². The Balaban J connectivity index is 1.81. The summed E-state index contributed by atoms with van der Waals surface area (Å²) in [6.07, 6.45) is 1.67. The highest BCUT2D eigenvalue weighted by molar-refractivity contribution is 7.10. The lowest BCUT2D eigenvalue weighted by Gasteiger charge is -2.09. The highest BCUT2D eigenvalue weighted by Gasteiger charge is 2.16. The topological polar surface area (TPSA) is 75.1 Å². The van der Waals surface area contributed by atoms with Crippen molar-refractivity contribution in [3.8, 4) is 0 Å². The van der Waals surface area contributed by atoms with Crippen LogP contribution in [0.3, 0.4) is 0 Å². The average Bonchev–Trinajstić information content (AvgIpc) is 3.10. The Morgan fingerprint density at radius 3 is 3.10 bits per heavy atom. The third-order valence-electron chi connectivity index (χ3n) is 2.82. The zero-order valence-electron chi connectivity index (χ0n) is 11.2. The van der Waals surface area contributed by atoms with E-state index in [2.05, 4.69) is 14.9 Å². The summed E-state index contributed by atoms with van der Waals surface area (Å²) in [6, 6.07) is 3.80. The molecule has 20 heavy (non-hydrogen) atoms. The number of aliphatic hydroxyl groups excluding tert-OH is 1. The van der Waals surface area contributed by atoms with Gasteiger partial charge in [-0.1, -0.05) is 23.9 Å². The van der Waals surface area contributed by atoms with Crippen LogP contribution in [0.25, 0.3) is 0 Å². The molecule has 2 N–H and O–H groups in total. The van der Waals surface area contributed by atoms with E-state index in [1.54, 1.807) is 0 Å². The summed E-state index contributed by atoms with van der Waals surface area (Å²) in [4.78, 5) is 13.5. The second kappa shape index (κ2) is 7.47. The molecule has 2 heterocycles. The van der Waals surface area contributed by atoms with Crippen molar-refractivity contribution in [1.82, 2.24) is 14.9 Å². The minimum Gasteiger partial charge on any atom is -0.388 e. The van der Waals surface area contributed by atoms with Crippen LogP contribution >= 0.6 is 22.9 Å². The second-order valence-corrected chi connectivity index (χ2v) is 6.11. The minimum atomic E-state index is -0.523. The molecule has 2 aromatic rings. The molecule has 1 amide bonds.